The lowest BCUT2D eigenvalue weighted by atomic mass is 10.1. The second-order valence-corrected chi connectivity index (χ2v) is 7.26. The molecule has 2 aromatic carbocycles. The maximum absolute atomic E-state index is 12.3. The Morgan fingerprint density at radius 2 is 1.46 bits per heavy atom. The Hall–Kier alpha value is -2.82. The molecule has 2 rings (SSSR count). The highest BCUT2D eigenvalue weighted by atomic mass is 16.2. The number of unbranched alkanes of at least 4 members (excludes halogenated alkanes) is 2. The van der Waals surface area contributed by atoms with Crippen molar-refractivity contribution in [2.45, 2.75) is 53.4 Å². The fraction of sp³-hybridized carbons (Fsp3) is 0.391. The summed E-state index contributed by atoms with van der Waals surface area (Å²) >= 11 is 0. The van der Waals surface area contributed by atoms with Gasteiger partial charge in [-0.1, -0.05) is 43.5 Å². The number of hydrogen-bond donors (Lipinski definition) is 3. The van der Waals surface area contributed by atoms with Gasteiger partial charge in [-0.2, -0.15) is 0 Å². The SMILES string of the molecule is CCCCCC(=O)Nc1cccc(NC(=O)CNc2c(C)cc(C)cc2C)c1. The Balaban J connectivity index is 1.89. The zero-order valence-electron chi connectivity index (χ0n) is 17.3. The smallest absolute Gasteiger partial charge is 0.243 e. The van der Waals surface area contributed by atoms with Crippen LogP contribution in [0.15, 0.2) is 36.4 Å². The third-order valence-corrected chi connectivity index (χ3v) is 4.54. The van der Waals surface area contributed by atoms with Crippen LogP contribution >= 0.6 is 0 Å². The number of rotatable bonds is 9. The molecular formula is C23H31N3O2. The molecule has 2 amide bonds. The fourth-order valence-electron chi connectivity index (χ4n) is 3.27. The van der Waals surface area contributed by atoms with E-state index in [9.17, 15) is 9.59 Å². The molecule has 0 radical (unpaired) electrons. The van der Waals surface area contributed by atoms with Crippen LogP contribution in [-0.2, 0) is 9.59 Å². The predicted molar refractivity (Wildman–Crippen MR) is 117 cm³/mol. The number of carbonyl (C=O) groups excluding carboxylic acids is 2. The first kappa shape index (κ1) is 21.5. The summed E-state index contributed by atoms with van der Waals surface area (Å²) in [5, 5.41) is 8.98. The number of carbonyl (C=O) groups is 2. The quantitative estimate of drug-likeness (QED) is 0.524. The van der Waals surface area contributed by atoms with Gasteiger partial charge in [-0.25, -0.2) is 0 Å². The van der Waals surface area contributed by atoms with Crippen molar-refractivity contribution < 1.29 is 9.59 Å². The molecule has 3 N–H and O–H groups in total. The summed E-state index contributed by atoms with van der Waals surface area (Å²) in [4.78, 5) is 24.3. The second kappa shape index (κ2) is 10.5. The first-order chi connectivity index (χ1) is 13.4. The van der Waals surface area contributed by atoms with Crippen LogP contribution in [0.3, 0.4) is 0 Å². The standard InChI is InChI=1S/C23H31N3O2/c1-5-6-7-11-21(27)25-19-9-8-10-20(14-19)26-22(28)15-24-23-17(3)12-16(2)13-18(23)4/h8-10,12-14,24H,5-7,11,15H2,1-4H3,(H,25,27)(H,26,28). The minimum atomic E-state index is -0.134. The molecule has 0 fully saturated rings. The van der Waals surface area contributed by atoms with E-state index in [-0.39, 0.29) is 18.4 Å². The Bertz CT molecular complexity index is 807. The molecule has 0 unspecified atom stereocenters. The van der Waals surface area contributed by atoms with E-state index in [1.54, 1.807) is 6.07 Å². The van der Waals surface area contributed by atoms with Crippen LogP contribution in [0.2, 0.25) is 0 Å². The van der Waals surface area contributed by atoms with Crippen LogP contribution in [-0.4, -0.2) is 18.4 Å². The zero-order chi connectivity index (χ0) is 20.5. The van der Waals surface area contributed by atoms with Crippen LogP contribution in [0.25, 0.3) is 0 Å². The summed E-state index contributed by atoms with van der Waals surface area (Å²) in [7, 11) is 0. The van der Waals surface area contributed by atoms with Crippen LogP contribution in [0.5, 0.6) is 0 Å². The molecule has 0 atom stereocenters. The molecule has 0 aromatic heterocycles. The topological polar surface area (TPSA) is 70.2 Å². The first-order valence-corrected chi connectivity index (χ1v) is 9.90. The van der Waals surface area contributed by atoms with Gasteiger partial charge in [0, 0.05) is 23.5 Å². The van der Waals surface area contributed by atoms with E-state index in [1.807, 2.05) is 32.0 Å². The second-order valence-electron chi connectivity index (χ2n) is 7.26. The van der Waals surface area contributed by atoms with Crippen molar-refractivity contribution >= 4 is 28.9 Å². The van der Waals surface area contributed by atoms with Gasteiger partial charge in [0.25, 0.3) is 0 Å². The highest BCUT2D eigenvalue weighted by molar-refractivity contribution is 5.95. The third kappa shape index (κ3) is 6.72. The van der Waals surface area contributed by atoms with Crippen molar-refractivity contribution in [3.05, 3.63) is 53.1 Å². The predicted octanol–water partition coefficient (Wildman–Crippen LogP) is 5.18. The molecule has 0 aliphatic rings. The molecule has 0 aliphatic carbocycles. The Kier molecular flexibility index (Phi) is 8.05. The van der Waals surface area contributed by atoms with Gasteiger partial charge in [-0.3, -0.25) is 9.59 Å². The number of aryl methyl sites for hydroxylation is 3. The van der Waals surface area contributed by atoms with E-state index in [2.05, 4.69) is 41.9 Å². The summed E-state index contributed by atoms with van der Waals surface area (Å²) in [6.07, 6.45) is 3.55. The van der Waals surface area contributed by atoms with Gasteiger partial charge >= 0.3 is 0 Å². The van der Waals surface area contributed by atoms with Gasteiger partial charge < -0.3 is 16.0 Å². The summed E-state index contributed by atoms with van der Waals surface area (Å²) in [6, 6.07) is 11.4. The van der Waals surface area contributed by atoms with E-state index in [0.29, 0.717) is 17.8 Å². The Morgan fingerprint density at radius 1 is 0.857 bits per heavy atom. The summed E-state index contributed by atoms with van der Waals surface area (Å²) in [5.41, 5.74) is 5.80. The molecule has 0 saturated heterocycles. The summed E-state index contributed by atoms with van der Waals surface area (Å²) < 4.78 is 0. The molecule has 5 heteroatoms. The zero-order valence-corrected chi connectivity index (χ0v) is 17.3. The van der Waals surface area contributed by atoms with Gasteiger partial charge in [0.15, 0.2) is 0 Å². The lowest BCUT2D eigenvalue weighted by Crippen LogP contribution is -2.22. The number of benzene rings is 2. The van der Waals surface area contributed by atoms with Crippen molar-refractivity contribution in [3.63, 3.8) is 0 Å². The molecule has 0 aliphatic heterocycles. The lowest BCUT2D eigenvalue weighted by Gasteiger charge is -2.14. The Labute approximate surface area is 167 Å². The van der Waals surface area contributed by atoms with Gasteiger partial charge in [0.1, 0.15) is 0 Å². The summed E-state index contributed by atoms with van der Waals surface area (Å²) in [5.74, 6) is -0.130. The molecular weight excluding hydrogens is 350 g/mol. The first-order valence-electron chi connectivity index (χ1n) is 9.90. The molecule has 0 bridgehead atoms. The molecule has 0 heterocycles. The average molecular weight is 382 g/mol. The highest BCUT2D eigenvalue weighted by Crippen LogP contribution is 2.22. The molecule has 0 saturated carbocycles. The third-order valence-electron chi connectivity index (χ3n) is 4.54. The van der Waals surface area contributed by atoms with Crippen LogP contribution < -0.4 is 16.0 Å². The largest absolute Gasteiger partial charge is 0.376 e. The molecule has 150 valence electrons. The van der Waals surface area contributed by atoms with Crippen molar-refractivity contribution in [1.82, 2.24) is 0 Å². The van der Waals surface area contributed by atoms with Gasteiger partial charge in [-0.05, 0) is 56.5 Å². The van der Waals surface area contributed by atoms with Crippen molar-refractivity contribution in [1.29, 1.82) is 0 Å². The Morgan fingerprint density at radius 3 is 2.07 bits per heavy atom. The van der Waals surface area contributed by atoms with Crippen LogP contribution in [0, 0.1) is 20.8 Å². The molecule has 0 spiro atoms. The number of nitrogens with one attached hydrogen (secondary N) is 3. The van der Waals surface area contributed by atoms with Crippen molar-refractivity contribution in [3.8, 4) is 0 Å². The van der Waals surface area contributed by atoms with Gasteiger partial charge in [-0.15, -0.1) is 0 Å². The minimum Gasteiger partial charge on any atom is -0.376 e. The van der Waals surface area contributed by atoms with Gasteiger partial charge in [0.2, 0.25) is 11.8 Å². The molecule has 5 nitrogen and oxygen atoms in total. The average Bonchev–Trinajstić information content (AvgIpc) is 2.61. The minimum absolute atomic E-state index is 0.00362. The maximum atomic E-state index is 12.3. The van der Waals surface area contributed by atoms with E-state index in [0.717, 1.165) is 36.1 Å². The van der Waals surface area contributed by atoms with Gasteiger partial charge in [0.05, 0.1) is 6.54 Å². The van der Waals surface area contributed by atoms with Crippen LogP contribution in [0.1, 0.15) is 49.3 Å². The number of amides is 2. The molecule has 2 aromatic rings. The number of hydrogen-bond acceptors (Lipinski definition) is 3. The summed E-state index contributed by atoms with van der Waals surface area (Å²) in [6.45, 7) is 8.42. The highest BCUT2D eigenvalue weighted by Gasteiger charge is 2.08. The monoisotopic (exact) mass is 381 g/mol. The van der Waals surface area contributed by atoms with Crippen molar-refractivity contribution in [2.75, 3.05) is 22.5 Å². The maximum Gasteiger partial charge on any atom is 0.243 e. The fourth-order valence-corrected chi connectivity index (χ4v) is 3.27. The van der Waals surface area contributed by atoms with E-state index < -0.39 is 0 Å². The normalized spacial score (nSPS) is 10.4. The lowest BCUT2D eigenvalue weighted by molar-refractivity contribution is -0.116. The van der Waals surface area contributed by atoms with Crippen molar-refractivity contribution in [2.24, 2.45) is 0 Å². The number of anilines is 3. The van der Waals surface area contributed by atoms with E-state index in [4.69, 9.17) is 0 Å². The van der Waals surface area contributed by atoms with E-state index in [1.165, 1.54) is 5.56 Å². The molecule has 28 heavy (non-hydrogen) atoms. The van der Waals surface area contributed by atoms with E-state index >= 15 is 0 Å². The van der Waals surface area contributed by atoms with Crippen LogP contribution in [0.4, 0.5) is 17.1 Å².